The Kier molecular flexibility index (Phi) is 6.65. The van der Waals surface area contributed by atoms with E-state index < -0.39 is 0 Å². The molecule has 0 unspecified atom stereocenters. The summed E-state index contributed by atoms with van der Waals surface area (Å²) in [4.78, 5) is 42.8. The summed E-state index contributed by atoms with van der Waals surface area (Å²) in [6.07, 6.45) is 6.93. The number of carbonyl (C=O) groups excluding carboxylic acids is 3. The zero-order valence-electron chi connectivity index (χ0n) is 17.1. The Morgan fingerprint density at radius 3 is 2.74 bits per heavy atom. The van der Waals surface area contributed by atoms with Crippen LogP contribution in [0.5, 0.6) is 5.88 Å². The van der Waals surface area contributed by atoms with Crippen molar-refractivity contribution < 1.29 is 19.1 Å². The first-order chi connectivity index (χ1) is 15.0. The first kappa shape index (κ1) is 21.5. The molecule has 1 aromatic carbocycles. The quantitative estimate of drug-likeness (QED) is 0.573. The summed E-state index contributed by atoms with van der Waals surface area (Å²) in [5.74, 6) is -0.190. The third kappa shape index (κ3) is 4.95. The summed E-state index contributed by atoms with van der Waals surface area (Å²) in [5, 5.41) is 2.88. The summed E-state index contributed by atoms with van der Waals surface area (Å²) in [7, 11) is 0. The minimum absolute atomic E-state index is 0.143. The molecular weight excluding hydrogens is 462 g/mol. The summed E-state index contributed by atoms with van der Waals surface area (Å²) < 4.78 is 6.75. The number of halogens is 1. The summed E-state index contributed by atoms with van der Waals surface area (Å²) >= 11 is 3.32. The van der Waals surface area contributed by atoms with Crippen LogP contribution < -0.4 is 10.1 Å². The van der Waals surface area contributed by atoms with Crippen LogP contribution in [0.15, 0.2) is 41.0 Å². The van der Waals surface area contributed by atoms with Crippen LogP contribution in [0.25, 0.3) is 0 Å². The molecule has 2 heterocycles. The Labute approximate surface area is 189 Å². The summed E-state index contributed by atoms with van der Waals surface area (Å²) in [6, 6.07) is 8.76. The van der Waals surface area contributed by atoms with Crippen LogP contribution in [0, 0.1) is 0 Å². The Morgan fingerprint density at radius 1 is 1.16 bits per heavy atom. The molecule has 1 aliphatic carbocycles. The van der Waals surface area contributed by atoms with Crippen molar-refractivity contribution in [3.8, 4) is 5.88 Å². The standard InChI is InChI=1S/C23H24BrN3O4/c24-16-9-10-18-19(13-16)23(30)27(22(18)29)12-4-8-20(28)26-14-15-5-3-11-25-21(15)31-17-6-1-2-7-17/h3,5,9-11,13,17H,1-2,4,6-8,12,14H2,(H,26,28). The van der Waals surface area contributed by atoms with E-state index in [9.17, 15) is 14.4 Å². The smallest absolute Gasteiger partial charge is 0.261 e. The van der Waals surface area contributed by atoms with Gasteiger partial charge in [0.2, 0.25) is 11.8 Å². The average Bonchev–Trinajstić information content (AvgIpc) is 3.35. The number of nitrogens with zero attached hydrogens (tertiary/aromatic N) is 2. The topological polar surface area (TPSA) is 88.6 Å². The largest absolute Gasteiger partial charge is 0.474 e. The molecule has 2 aliphatic rings. The molecule has 1 saturated carbocycles. The molecule has 0 spiro atoms. The van der Waals surface area contributed by atoms with E-state index in [1.165, 1.54) is 17.7 Å². The van der Waals surface area contributed by atoms with Crippen molar-refractivity contribution in [2.24, 2.45) is 0 Å². The normalized spacial score (nSPS) is 16.0. The second kappa shape index (κ2) is 9.60. The number of benzene rings is 1. The van der Waals surface area contributed by atoms with Gasteiger partial charge in [0.1, 0.15) is 6.10 Å². The fraction of sp³-hybridized carbons (Fsp3) is 0.391. The molecule has 1 aromatic heterocycles. The lowest BCUT2D eigenvalue weighted by atomic mass is 10.1. The maximum absolute atomic E-state index is 12.5. The Morgan fingerprint density at radius 2 is 1.94 bits per heavy atom. The van der Waals surface area contributed by atoms with Crippen LogP contribution in [0.4, 0.5) is 0 Å². The summed E-state index contributed by atoms with van der Waals surface area (Å²) in [6.45, 7) is 0.538. The van der Waals surface area contributed by atoms with Crippen molar-refractivity contribution in [3.63, 3.8) is 0 Å². The molecule has 7 nitrogen and oxygen atoms in total. The van der Waals surface area contributed by atoms with Crippen LogP contribution >= 0.6 is 15.9 Å². The lowest BCUT2D eigenvalue weighted by molar-refractivity contribution is -0.121. The number of fused-ring (bicyclic) bond motifs is 1. The molecule has 2 aromatic rings. The molecule has 1 N–H and O–H groups in total. The van der Waals surface area contributed by atoms with Gasteiger partial charge in [0, 0.05) is 35.7 Å². The highest BCUT2D eigenvalue weighted by Gasteiger charge is 2.35. The van der Waals surface area contributed by atoms with Crippen molar-refractivity contribution in [2.45, 2.75) is 51.2 Å². The van der Waals surface area contributed by atoms with Gasteiger partial charge in [-0.1, -0.05) is 22.0 Å². The van der Waals surface area contributed by atoms with E-state index in [2.05, 4.69) is 26.2 Å². The number of amides is 3. The van der Waals surface area contributed by atoms with Crippen molar-refractivity contribution in [3.05, 3.63) is 57.7 Å². The third-order valence-corrected chi connectivity index (χ3v) is 6.12. The summed E-state index contributed by atoms with van der Waals surface area (Å²) in [5.41, 5.74) is 1.65. The third-order valence-electron chi connectivity index (χ3n) is 5.62. The Balaban J connectivity index is 1.25. The fourth-order valence-electron chi connectivity index (χ4n) is 3.97. The van der Waals surface area contributed by atoms with Crippen molar-refractivity contribution in [1.82, 2.24) is 15.2 Å². The molecule has 1 fully saturated rings. The van der Waals surface area contributed by atoms with Crippen molar-refractivity contribution >= 4 is 33.7 Å². The lowest BCUT2D eigenvalue weighted by Gasteiger charge is -2.16. The average molecular weight is 486 g/mol. The second-order valence-corrected chi connectivity index (χ2v) is 8.74. The number of imide groups is 1. The van der Waals surface area contributed by atoms with Gasteiger partial charge in [-0.2, -0.15) is 0 Å². The van der Waals surface area contributed by atoms with Gasteiger partial charge in [-0.05, 0) is 56.4 Å². The van der Waals surface area contributed by atoms with Crippen molar-refractivity contribution in [2.75, 3.05) is 6.54 Å². The first-order valence-electron chi connectivity index (χ1n) is 10.6. The van der Waals surface area contributed by atoms with Gasteiger partial charge in [0.05, 0.1) is 11.1 Å². The maximum Gasteiger partial charge on any atom is 0.261 e. The van der Waals surface area contributed by atoms with Crippen LogP contribution in [0.1, 0.15) is 64.8 Å². The number of nitrogens with one attached hydrogen (secondary N) is 1. The highest BCUT2D eigenvalue weighted by atomic mass is 79.9. The van der Waals surface area contributed by atoms with Gasteiger partial charge in [-0.25, -0.2) is 4.98 Å². The van der Waals surface area contributed by atoms with E-state index >= 15 is 0 Å². The molecule has 3 amide bonds. The number of ether oxygens (including phenoxy) is 1. The van der Waals surface area contributed by atoms with E-state index in [4.69, 9.17) is 4.74 Å². The molecule has 0 bridgehead atoms. The number of carbonyl (C=O) groups is 3. The Bertz CT molecular complexity index is 1000. The number of aromatic nitrogens is 1. The van der Waals surface area contributed by atoms with E-state index in [0.717, 1.165) is 22.9 Å². The van der Waals surface area contributed by atoms with Crippen LogP contribution in [-0.2, 0) is 11.3 Å². The van der Waals surface area contributed by atoms with Gasteiger partial charge in [-0.15, -0.1) is 0 Å². The molecule has 162 valence electrons. The highest BCUT2D eigenvalue weighted by molar-refractivity contribution is 9.10. The van der Waals surface area contributed by atoms with Gasteiger partial charge in [0.25, 0.3) is 11.8 Å². The van der Waals surface area contributed by atoms with E-state index in [-0.39, 0.29) is 36.8 Å². The zero-order valence-corrected chi connectivity index (χ0v) is 18.7. The maximum atomic E-state index is 12.5. The van der Waals surface area contributed by atoms with E-state index in [1.807, 2.05) is 12.1 Å². The predicted octanol–water partition coefficient (Wildman–Crippen LogP) is 3.86. The monoisotopic (exact) mass is 485 g/mol. The lowest BCUT2D eigenvalue weighted by Crippen LogP contribution is -2.32. The first-order valence-corrected chi connectivity index (χ1v) is 11.3. The van der Waals surface area contributed by atoms with Crippen molar-refractivity contribution in [1.29, 1.82) is 0 Å². The molecule has 0 saturated heterocycles. The minimum atomic E-state index is -0.314. The van der Waals surface area contributed by atoms with Gasteiger partial charge < -0.3 is 10.1 Å². The number of pyridine rings is 1. The van der Waals surface area contributed by atoms with Crippen LogP contribution in [0.2, 0.25) is 0 Å². The molecule has 31 heavy (non-hydrogen) atoms. The molecule has 8 heteroatoms. The predicted molar refractivity (Wildman–Crippen MR) is 118 cm³/mol. The molecule has 0 radical (unpaired) electrons. The van der Waals surface area contributed by atoms with E-state index in [1.54, 1.807) is 24.4 Å². The molecular formula is C23H24BrN3O4. The van der Waals surface area contributed by atoms with Gasteiger partial charge in [0.15, 0.2) is 0 Å². The van der Waals surface area contributed by atoms with E-state index in [0.29, 0.717) is 30.0 Å². The van der Waals surface area contributed by atoms with Gasteiger partial charge >= 0.3 is 0 Å². The molecule has 0 atom stereocenters. The number of hydrogen-bond donors (Lipinski definition) is 1. The molecule has 1 aliphatic heterocycles. The minimum Gasteiger partial charge on any atom is -0.474 e. The zero-order chi connectivity index (χ0) is 21.8. The number of rotatable bonds is 8. The molecule has 4 rings (SSSR count). The highest BCUT2D eigenvalue weighted by Crippen LogP contribution is 2.27. The Hall–Kier alpha value is -2.74. The van der Waals surface area contributed by atoms with Crippen LogP contribution in [-0.4, -0.2) is 40.3 Å². The van der Waals surface area contributed by atoms with Gasteiger partial charge in [-0.3, -0.25) is 19.3 Å². The fourth-order valence-corrected chi connectivity index (χ4v) is 4.34. The SMILES string of the molecule is O=C(CCCN1C(=O)c2ccc(Br)cc2C1=O)NCc1cccnc1OC1CCCC1. The second-order valence-electron chi connectivity index (χ2n) is 7.82. The van der Waals surface area contributed by atoms with Crippen LogP contribution in [0.3, 0.4) is 0 Å². The number of hydrogen-bond acceptors (Lipinski definition) is 5.